The van der Waals surface area contributed by atoms with Crippen molar-refractivity contribution in [3.8, 4) is 0 Å². The van der Waals surface area contributed by atoms with E-state index in [-0.39, 0.29) is 0 Å². The standard InChI is InChI=1S/C15H26N2O/c18-14(16-10-4-1-5-11-16)17-12-8-15(9-13-17)6-2-3-7-15/h1-13H2. The van der Waals surface area contributed by atoms with E-state index in [2.05, 4.69) is 9.80 Å². The zero-order valence-corrected chi connectivity index (χ0v) is 11.5. The Labute approximate surface area is 111 Å². The molecule has 1 saturated carbocycles. The van der Waals surface area contributed by atoms with Crippen LogP contribution >= 0.6 is 0 Å². The van der Waals surface area contributed by atoms with Crippen molar-refractivity contribution < 1.29 is 4.79 Å². The second-order valence-corrected chi connectivity index (χ2v) is 6.52. The van der Waals surface area contributed by atoms with Gasteiger partial charge in [-0.1, -0.05) is 12.8 Å². The van der Waals surface area contributed by atoms with E-state index >= 15 is 0 Å². The number of amides is 2. The number of carbonyl (C=O) groups is 1. The molecule has 0 N–H and O–H groups in total. The summed E-state index contributed by atoms with van der Waals surface area (Å²) >= 11 is 0. The second-order valence-electron chi connectivity index (χ2n) is 6.52. The Morgan fingerprint density at radius 1 is 0.667 bits per heavy atom. The van der Waals surface area contributed by atoms with Crippen LogP contribution in [-0.4, -0.2) is 42.0 Å². The fraction of sp³-hybridized carbons (Fsp3) is 0.933. The topological polar surface area (TPSA) is 23.6 Å². The summed E-state index contributed by atoms with van der Waals surface area (Å²) in [6, 6.07) is 0.322. The quantitative estimate of drug-likeness (QED) is 0.647. The largest absolute Gasteiger partial charge is 0.325 e. The van der Waals surface area contributed by atoms with Crippen molar-refractivity contribution in [2.24, 2.45) is 5.41 Å². The minimum absolute atomic E-state index is 0.322. The lowest BCUT2D eigenvalue weighted by molar-refractivity contribution is 0.0943. The van der Waals surface area contributed by atoms with Gasteiger partial charge in [-0.3, -0.25) is 0 Å². The number of piperidine rings is 2. The summed E-state index contributed by atoms with van der Waals surface area (Å²) in [7, 11) is 0. The van der Waals surface area contributed by atoms with Crippen LogP contribution in [0.2, 0.25) is 0 Å². The Bertz CT molecular complexity index is 294. The van der Waals surface area contributed by atoms with Gasteiger partial charge in [-0.15, -0.1) is 0 Å². The van der Waals surface area contributed by atoms with Crippen LogP contribution in [0.4, 0.5) is 4.79 Å². The van der Waals surface area contributed by atoms with Crippen molar-refractivity contribution >= 4 is 6.03 Å². The van der Waals surface area contributed by atoms with E-state index < -0.39 is 0 Å². The summed E-state index contributed by atoms with van der Waals surface area (Å²) in [6.07, 6.45) is 11.9. The van der Waals surface area contributed by atoms with E-state index in [1.54, 1.807) is 0 Å². The average Bonchev–Trinajstić information content (AvgIpc) is 2.88. The van der Waals surface area contributed by atoms with Crippen molar-refractivity contribution in [3.05, 3.63) is 0 Å². The average molecular weight is 250 g/mol. The number of hydrogen-bond donors (Lipinski definition) is 0. The van der Waals surface area contributed by atoms with E-state index in [0.29, 0.717) is 11.4 Å². The molecule has 18 heavy (non-hydrogen) atoms. The first-order valence-corrected chi connectivity index (χ1v) is 7.83. The van der Waals surface area contributed by atoms with E-state index in [0.717, 1.165) is 26.2 Å². The molecule has 0 unspecified atom stereocenters. The summed E-state index contributed by atoms with van der Waals surface area (Å²) < 4.78 is 0. The summed E-state index contributed by atoms with van der Waals surface area (Å²) in [4.78, 5) is 16.6. The van der Waals surface area contributed by atoms with Gasteiger partial charge >= 0.3 is 6.03 Å². The number of nitrogens with zero attached hydrogens (tertiary/aromatic N) is 2. The molecule has 0 bridgehead atoms. The van der Waals surface area contributed by atoms with Crippen LogP contribution in [0, 0.1) is 5.41 Å². The molecule has 3 rings (SSSR count). The van der Waals surface area contributed by atoms with Gasteiger partial charge in [0.1, 0.15) is 0 Å². The lowest BCUT2D eigenvalue weighted by Gasteiger charge is -2.41. The lowest BCUT2D eigenvalue weighted by atomic mass is 9.77. The Morgan fingerprint density at radius 3 is 1.83 bits per heavy atom. The number of rotatable bonds is 0. The Morgan fingerprint density at radius 2 is 1.22 bits per heavy atom. The maximum absolute atomic E-state index is 12.4. The van der Waals surface area contributed by atoms with Gasteiger partial charge in [0, 0.05) is 26.2 Å². The van der Waals surface area contributed by atoms with Gasteiger partial charge in [0.05, 0.1) is 0 Å². The zero-order chi connectivity index (χ0) is 12.4. The van der Waals surface area contributed by atoms with Gasteiger partial charge in [-0.05, 0) is 50.4 Å². The molecule has 1 spiro atoms. The van der Waals surface area contributed by atoms with Crippen molar-refractivity contribution in [3.63, 3.8) is 0 Å². The maximum atomic E-state index is 12.4. The third-order valence-corrected chi connectivity index (χ3v) is 5.39. The Kier molecular flexibility index (Phi) is 3.49. The molecule has 2 aliphatic heterocycles. The minimum Gasteiger partial charge on any atom is -0.325 e. The molecule has 2 saturated heterocycles. The van der Waals surface area contributed by atoms with Gasteiger partial charge in [-0.25, -0.2) is 4.79 Å². The maximum Gasteiger partial charge on any atom is 0.319 e. The van der Waals surface area contributed by atoms with Crippen molar-refractivity contribution in [2.75, 3.05) is 26.2 Å². The van der Waals surface area contributed by atoms with Crippen LogP contribution in [0.1, 0.15) is 57.8 Å². The van der Waals surface area contributed by atoms with Crippen molar-refractivity contribution in [1.82, 2.24) is 9.80 Å². The van der Waals surface area contributed by atoms with Crippen LogP contribution in [0.25, 0.3) is 0 Å². The van der Waals surface area contributed by atoms with Crippen LogP contribution < -0.4 is 0 Å². The molecule has 0 aromatic carbocycles. The molecule has 0 radical (unpaired) electrons. The van der Waals surface area contributed by atoms with Crippen LogP contribution in [-0.2, 0) is 0 Å². The molecule has 0 aromatic heterocycles. The number of carbonyl (C=O) groups excluding carboxylic acids is 1. The van der Waals surface area contributed by atoms with E-state index in [4.69, 9.17) is 0 Å². The molecular weight excluding hydrogens is 224 g/mol. The third kappa shape index (κ3) is 2.36. The van der Waals surface area contributed by atoms with E-state index in [1.807, 2.05) is 0 Å². The molecule has 2 amide bonds. The van der Waals surface area contributed by atoms with Gasteiger partial charge in [0.2, 0.25) is 0 Å². The summed E-state index contributed by atoms with van der Waals surface area (Å²) in [6.45, 7) is 3.99. The molecule has 3 fully saturated rings. The van der Waals surface area contributed by atoms with Crippen LogP contribution in [0.5, 0.6) is 0 Å². The van der Waals surface area contributed by atoms with Gasteiger partial charge in [0.25, 0.3) is 0 Å². The molecule has 1 aliphatic carbocycles. The highest BCUT2D eigenvalue weighted by atomic mass is 16.2. The highest BCUT2D eigenvalue weighted by Crippen LogP contribution is 2.46. The molecule has 0 aromatic rings. The molecule has 3 nitrogen and oxygen atoms in total. The zero-order valence-electron chi connectivity index (χ0n) is 11.5. The van der Waals surface area contributed by atoms with Crippen LogP contribution in [0.3, 0.4) is 0 Å². The fourth-order valence-electron chi connectivity index (χ4n) is 4.08. The smallest absolute Gasteiger partial charge is 0.319 e. The predicted octanol–water partition coefficient (Wildman–Crippen LogP) is 3.25. The number of urea groups is 1. The third-order valence-electron chi connectivity index (χ3n) is 5.39. The van der Waals surface area contributed by atoms with Gasteiger partial charge in [-0.2, -0.15) is 0 Å². The normalized spacial score (nSPS) is 27.8. The highest BCUT2D eigenvalue weighted by Gasteiger charge is 2.38. The number of likely N-dealkylation sites (tertiary alicyclic amines) is 2. The molecule has 102 valence electrons. The second kappa shape index (κ2) is 5.10. The predicted molar refractivity (Wildman–Crippen MR) is 72.5 cm³/mol. The van der Waals surface area contributed by atoms with Crippen molar-refractivity contribution in [1.29, 1.82) is 0 Å². The molecular formula is C15H26N2O. The first-order valence-electron chi connectivity index (χ1n) is 7.83. The van der Waals surface area contributed by atoms with E-state index in [9.17, 15) is 4.79 Å². The summed E-state index contributed by atoms with van der Waals surface area (Å²) in [5, 5.41) is 0. The monoisotopic (exact) mass is 250 g/mol. The number of hydrogen-bond acceptors (Lipinski definition) is 1. The SMILES string of the molecule is O=C(N1CCCCC1)N1CCC2(CCCC2)CC1. The van der Waals surface area contributed by atoms with E-state index in [1.165, 1.54) is 57.8 Å². The molecule has 0 atom stereocenters. The fourth-order valence-corrected chi connectivity index (χ4v) is 4.08. The Hall–Kier alpha value is -0.730. The minimum atomic E-state index is 0.322. The van der Waals surface area contributed by atoms with Gasteiger partial charge in [0.15, 0.2) is 0 Å². The van der Waals surface area contributed by atoms with Crippen molar-refractivity contribution in [2.45, 2.75) is 57.8 Å². The first kappa shape index (κ1) is 12.3. The Balaban J connectivity index is 1.53. The molecule has 2 heterocycles. The highest BCUT2D eigenvalue weighted by molar-refractivity contribution is 5.74. The molecule has 3 heteroatoms. The summed E-state index contributed by atoms with van der Waals surface area (Å²) in [5.41, 5.74) is 0.624. The van der Waals surface area contributed by atoms with Crippen LogP contribution in [0.15, 0.2) is 0 Å². The summed E-state index contributed by atoms with van der Waals surface area (Å²) in [5.74, 6) is 0. The first-order chi connectivity index (χ1) is 8.79. The lowest BCUT2D eigenvalue weighted by Crippen LogP contribution is -2.49. The molecule has 3 aliphatic rings. The van der Waals surface area contributed by atoms with Gasteiger partial charge < -0.3 is 9.80 Å².